The average Bonchev–Trinajstić information content (AvgIpc) is 2.82. The molecular weight excluding hydrogens is 272 g/mol. The van der Waals surface area contributed by atoms with Crippen LogP contribution in [0.3, 0.4) is 0 Å². The van der Waals surface area contributed by atoms with E-state index in [4.69, 9.17) is 0 Å². The maximum atomic E-state index is 12.1. The summed E-state index contributed by atoms with van der Waals surface area (Å²) in [5.41, 5.74) is 1.37. The lowest BCUT2D eigenvalue weighted by Crippen LogP contribution is -2.36. The van der Waals surface area contributed by atoms with E-state index >= 15 is 0 Å². The summed E-state index contributed by atoms with van der Waals surface area (Å²) in [5.74, 6) is 0.713. The summed E-state index contributed by atoms with van der Waals surface area (Å²) >= 11 is 0. The summed E-state index contributed by atoms with van der Waals surface area (Å²) in [4.78, 5) is 14.7. The lowest BCUT2D eigenvalue weighted by Gasteiger charge is -2.28. The van der Waals surface area contributed by atoms with Crippen molar-refractivity contribution in [3.63, 3.8) is 0 Å². The molecule has 1 fully saturated rings. The van der Waals surface area contributed by atoms with Gasteiger partial charge >= 0.3 is 0 Å². The van der Waals surface area contributed by atoms with Crippen molar-refractivity contribution in [1.29, 1.82) is 0 Å². The minimum atomic E-state index is 0.211. The molecule has 0 radical (unpaired) electrons. The molecule has 2 atom stereocenters. The van der Waals surface area contributed by atoms with Crippen molar-refractivity contribution in [3.8, 4) is 0 Å². The SMILES string of the molecule is CCC[C@H]1[C@@H](CC(=O)NC(C)C)CCN1Cc1ccccc1. The lowest BCUT2D eigenvalue weighted by atomic mass is 9.92. The predicted molar refractivity (Wildman–Crippen MR) is 91.6 cm³/mol. The molecule has 1 amide bonds. The van der Waals surface area contributed by atoms with Gasteiger partial charge in [-0.05, 0) is 44.7 Å². The van der Waals surface area contributed by atoms with Crippen LogP contribution in [-0.2, 0) is 11.3 Å². The molecule has 0 aliphatic carbocycles. The minimum Gasteiger partial charge on any atom is -0.354 e. The molecule has 3 heteroatoms. The summed E-state index contributed by atoms with van der Waals surface area (Å²) < 4.78 is 0. The first-order valence-electron chi connectivity index (χ1n) is 8.67. The van der Waals surface area contributed by atoms with Crippen molar-refractivity contribution < 1.29 is 4.79 Å². The van der Waals surface area contributed by atoms with E-state index in [1.807, 2.05) is 13.8 Å². The Bertz CT molecular complexity index is 458. The second kappa shape index (κ2) is 8.33. The van der Waals surface area contributed by atoms with Crippen molar-refractivity contribution in [2.75, 3.05) is 6.54 Å². The third kappa shape index (κ3) is 4.84. The molecule has 1 N–H and O–H groups in total. The Kier molecular flexibility index (Phi) is 6.44. The van der Waals surface area contributed by atoms with E-state index in [2.05, 4.69) is 47.5 Å². The Morgan fingerprint density at radius 2 is 2.05 bits per heavy atom. The second-order valence-corrected chi connectivity index (χ2v) is 6.79. The minimum absolute atomic E-state index is 0.211. The molecule has 0 bridgehead atoms. The summed E-state index contributed by atoms with van der Waals surface area (Å²) in [5, 5.41) is 3.04. The van der Waals surface area contributed by atoms with Crippen molar-refractivity contribution in [3.05, 3.63) is 35.9 Å². The van der Waals surface area contributed by atoms with Crippen LogP contribution in [0.5, 0.6) is 0 Å². The van der Waals surface area contributed by atoms with Crippen LogP contribution in [0, 0.1) is 5.92 Å². The van der Waals surface area contributed by atoms with Crippen LogP contribution in [0.1, 0.15) is 52.0 Å². The highest BCUT2D eigenvalue weighted by Crippen LogP contribution is 2.31. The molecule has 22 heavy (non-hydrogen) atoms. The van der Waals surface area contributed by atoms with E-state index in [-0.39, 0.29) is 11.9 Å². The van der Waals surface area contributed by atoms with Gasteiger partial charge in [-0.1, -0.05) is 43.7 Å². The molecule has 1 heterocycles. The van der Waals surface area contributed by atoms with Crippen molar-refractivity contribution in [1.82, 2.24) is 10.2 Å². The number of carbonyl (C=O) groups excluding carboxylic acids is 1. The highest BCUT2D eigenvalue weighted by atomic mass is 16.1. The van der Waals surface area contributed by atoms with E-state index in [1.165, 1.54) is 18.4 Å². The first-order chi connectivity index (χ1) is 10.6. The molecule has 1 aliphatic rings. The zero-order chi connectivity index (χ0) is 15.9. The number of amides is 1. The van der Waals surface area contributed by atoms with Gasteiger partial charge in [0.25, 0.3) is 0 Å². The molecule has 0 spiro atoms. The Morgan fingerprint density at radius 1 is 1.32 bits per heavy atom. The number of carbonyl (C=O) groups is 1. The van der Waals surface area contributed by atoms with Crippen LogP contribution in [0.25, 0.3) is 0 Å². The van der Waals surface area contributed by atoms with Crippen LogP contribution in [0.4, 0.5) is 0 Å². The van der Waals surface area contributed by atoms with Crippen molar-refractivity contribution in [2.45, 2.75) is 65.1 Å². The van der Waals surface area contributed by atoms with Crippen LogP contribution in [-0.4, -0.2) is 29.4 Å². The normalized spacial score (nSPS) is 22.2. The Balaban J connectivity index is 1.96. The fraction of sp³-hybridized carbons (Fsp3) is 0.632. The molecule has 1 aromatic carbocycles. The van der Waals surface area contributed by atoms with E-state index in [1.54, 1.807) is 0 Å². The van der Waals surface area contributed by atoms with Gasteiger partial charge < -0.3 is 5.32 Å². The second-order valence-electron chi connectivity index (χ2n) is 6.79. The summed E-state index contributed by atoms with van der Waals surface area (Å²) in [6, 6.07) is 11.4. The van der Waals surface area contributed by atoms with Gasteiger partial charge in [0.05, 0.1) is 0 Å². The van der Waals surface area contributed by atoms with Crippen LogP contribution in [0.2, 0.25) is 0 Å². The van der Waals surface area contributed by atoms with Gasteiger partial charge in [0.2, 0.25) is 5.91 Å². The number of hydrogen-bond donors (Lipinski definition) is 1. The Hall–Kier alpha value is -1.35. The molecule has 1 saturated heterocycles. The number of rotatable bonds is 7. The van der Waals surface area contributed by atoms with Gasteiger partial charge in [-0.3, -0.25) is 9.69 Å². The van der Waals surface area contributed by atoms with Gasteiger partial charge in [-0.2, -0.15) is 0 Å². The Labute approximate surface area is 135 Å². The maximum absolute atomic E-state index is 12.1. The van der Waals surface area contributed by atoms with E-state index in [0.29, 0.717) is 18.4 Å². The Morgan fingerprint density at radius 3 is 2.68 bits per heavy atom. The fourth-order valence-corrected chi connectivity index (χ4v) is 3.57. The topological polar surface area (TPSA) is 32.3 Å². The molecule has 2 rings (SSSR count). The molecular formula is C19H30N2O. The highest BCUT2D eigenvalue weighted by Gasteiger charge is 2.34. The van der Waals surface area contributed by atoms with Crippen molar-refractivity contribution >= 4 is 5.91 Å². The maximum Gasteiger partial charge on any atom is 0.220 e. The molecule has 0 aromatic heterocycles. The smallest absolute Gasteiger partial charge is 0.220 e. The number of benzene rings is 1. The van der Waals surface area contributed by atoms with Crippen LogP contribution >= 0.6 is 0 Å². The molecule has 1 aliphatic heterocycles. The average molecular weight is 302 g/mol. The fourth-order valence-electron chi connectivity index (χ4n) is 3.57. The number of nitrogens with zero attached hydrogens (tertiary/aromatic N) is 1. The monoisotopic (exact) mass is 302 g/mol. The highest BCUT2D eigenvalue weighted by molar-refractivity contribution is 5.76. The first kappa shape index (κ1) is 17.0. The summed E-state index contributed by atoms with van der Waals surface area (Å²) in [7, 11) is 0. The van der Waals surface area contributed by atoms with Crippen LogP contribution in [0.15, 0.2) is 30.3 Å². The predicted octanol–water partition coefficient (Wildman–Crippen LogP) is 3.59. The van der Waals surface area contributed by atoms with Gasteiger partial charge in [0, 0.05) is 25.0 Å². The third-order valence-electron chi connectivity index (χ3n) is 4.51. The molecule has 3 nitrogen and oxygen atoms in total. The first-order valence-corrected chi connectivity index (χ1v) is 8.67. The number of nitrogens with one attached hydrogen (secondary N) is 1. The van der Waals surface area contributed by atoms with E-state index in [0.717, 1.165) is 19.5 Å². The van der Waals surface area contributed by atoms with Gasteiger partial charge in [-0.15, -0.1) is 0 Å². The number of hydrogen-bond acceptors (Lipinski definition) is 2. The number of likely N-dealkylation sites (tertiary alicyclic amines) is 1. The third-order valence-corrected chi connectivity index (χ3v) is 4.51. The van der Waals surface area contributed by atoms with Crippen LogP contribution < -0.4 is 5.32 Å². The van der Waals surface area contributed by atoms with E-state index in [9.17, 15) is 4.79 Å². The van der Waals surface area contributed by atoms with Gasteiger partial charge in [0.15, 0.2) is 0 Å². The van der Waals surface area contributed by atoms with E-state index < -0.39 is 0 Å². The largest absolute Gasteiger partial charge is 0.354 e. The molecule has 122 valence electrons. The quantitative estimate of drug-likeness (QED) is 0.835. The summed E-state index contributed by atoms with van der Waals surface area (Å²) in [6.07, 6.45) is 4.18. The lowest BCUT2D eigenvalue weighted by molar-refractivity contribution is -0.122. The zero-order valence-electron chi connectivity index (χ0n) is 14.2. The molecule has 1 aromatic rings. The van der Waals surface area contributed by atoms with Gasteiger partial charge in [0.1, 0.15) is 0 Å². The molecule has 0 saturated carbocycles. The zero-order valence-corrected chi connectivity index (χ0v) is 14.2. The summed E-state index contributed by atoms with van der Waals surface area (Å²) in [6.45, 7) is 8.41. The molecule has 0 unspecified atom stereocenters. The standard InChI is InChI=1S/C19H30N2O/c1-4-8-18-17(13-19(22)20-15(2)3)11-12-21(18)14-16-9-6-5-7-10-16/h5-7,9-10,15,17-18H,4,8,11-14H2,1-3H3,(H,20,22)/t17-,18+/m1/s1. The van der Waals surface area contributed by atoms with Crippen molar-refractivity contribution in [2.24, 2.45) is 5.92 Å². The van der Waals surface area contributed by atoms with Gasteiger partial charge in [-0.25, -0.2) is 0 Å².